The molecule has 100 valence electrons. The average molecular weight is 253 g/mol. The molecular weight excluding hydrogens is 234 g/mol. The van der Waals surface area contributed by atoms with E-state index in [-0.39, 0.29) is 17.9 Å². The van der Waals surface area contributed by atoms with Gasteiger partial charge in [-0.1, -0.05) is 19.4 Å². The fourth-order valence-corrected chi connectivity index (χ4v) is 1.46. The number of hydrogen-bond acceptors (Lipinski definition) is 5. The molecule has 1 unspecified atom stereocenters. The number of phenols is 2. The topological polar surface area (TPSA) is 92.8 Å². The highest BCUT2D eigenvalue weighted by molar-refractivity contribution is 5.75. The molecule has 0 aromatic heterocycles. The van der Waals surface area contributed by atoms with Gasteiger partial charge in [0.15, 0.2) is 11.5 Å². The van der Waals surface area contributed by atoms with Crippen LogP contribution in [-0.2, 0) is 16.0 Å². The summed E-state index contributed by atoms with van der Waals surface area (Å²) in [6, 6.07) is 3.59. The second-order valence-electron chi connectivity index (χ2n) is 4.15. The third kappa shape index (κ3) is 4.25. The average Bonchev–Trinajstić information content (AvgIpc) is 2.34. The van der Waals surface area contributed by atoms with Crippen LogP contribution in [0.3, 0.4) is 0 Å². The van der Waals surface area contributed by atoms with Crippen molar-refractivity contribution in [1.82, 2.24) is 0 Å². The molecule has 4 N–H and O–H groups in total. The van der Waals surface area contributed by atoms with Gasteiger partial charge in [-0.15, -0.1) is 0 Å². The van der Waals surface area contributed by atoms with E-state index in [1.807, 2.05) is 6.92 Å². The molecule has 0 spiro atoms. The van der Waals surface area contributed by atoms with Crippen LogP contribution in [0.2, 0.25) is 0 Å². The molecule has 5 nitrogen and oxygen atoms in total. The van der Waals surface area contributed by atoms with E-state index in [1.54, 1.807) is 6.07 Å². The van der Waals surface area contributed by atoms with Crippen molar-refractivity contribution in [3.8, 4) is 11.5 Å². The largest absolute Gasteiger partial charge is 0.504 e. The standard InChI is InChI=1S/C13H19NO4/c1-2-3-6-18-13(17)10(14)7-9-4-5-11(15)12(16)8-9/h4-5,8,10,15-16H,2-3,6-7,14H2,1H3. The zero-order valence-electron chi connectivity index (χ0n) is 10.4. The molecule has 1 atom stereocenters. The first-order chi connectivity index (χ1) is 8.54. The van der Waals surface area contributed by atoms with Crippen molar-refractivity contribution in [2.24, 2.45) is 5.73 Å². The molecule has 0 aliphatic heterocycles. The van der Waals surface area contributed by atoms with Gasteiger partial charge in [0.1, 0.15) is 6.04 Å². The number of carbonyl (C=O) groups is 1. The summed E-state index contributed by atoms with van der Waals surface area (Å²) in [5, 5.41) is 18.5. The maximum Gasteiger partial charge on any atom is 0.323 e. The van der Waals surface area contributed by atoms with Crippen LogP contribution in [0.5, 0.6) is 11.5 Å². The van der Waals surface area contributed by atoms with Gasteiger partial charge in [-0.05, 0) is 30.5 Å². The number of hydrogen-bond donors (Lipinski definition) is 3. The van der Waals surface area contributed by atoms with Gasteiger partial charge in [0.2, 0.25) is 0 Å². The highest BCUT2D eigenvalue weighted by atomic mass is 16.5. The van der Waals surface area contributed by atoms with Crippen molar-refractivity contribution in [2.75, 3.05) is 6.61 Å². The first kappa shape index (κ1) is 14.3. The second-order valence-corrected chi connectivity index (χ2v) is 4.15. The molecule has 0 fully saturated rings. The SMILES string of the molecule is CCCCOC(=O)C(N)Cc1ccc(O)c(O)c1. The van der Waals surface area contributed by atoms with E-state index in [0.29, 0.717) is 12.2 Å². The third-order valence-corrected chi connectivity index (χ3v) is 2.54. The lowest BCUT2D eigenvalue weighted by Gasteiger charge is -2.11. The number of rotatable bonds is 6. The Bertz CT molecular complexity index is 406. The lowest BCUT2D eigenvalue weighted by molar-refractivity contribution is -0.145. The third-order valence-electron chi connectivity index (χ3n) is 2.54. The Morgan fingerprint density at radius 3 is 2.72 bits per heavy atom. The Kier molecular flexibility index (Phi) is 5.45. The van der Waals surface area contributed by atoms with Crippen LogP contribution in [0.4, 0.5) is 0 Å². The maximum atomic E-state index is 11.5. The molecule has 0 saturated carbocycles. The zero-order chi connectivity index (χ0) is 13.5. The minimum atomic E-state index is -0.759. The summed E-state index contributed by atoms with van der Waals surface area (Å²) in [5.41, 5.74) is 6.37. The van der Waals surface area contributed by atoms with E-state index >= 15 is 0 Å². The molecule has 5 heteroatoms. The molecule has 0 radical (unpaired) electrons. The summed E-state index contributed by atoms with van der Waals surface area (Å²) in [6.07, 6.45) is 2.03. The summed E-state index contributed by atoms with van der Waals surface area (Å²) in [6.45, 7) is 2.39. The van der Waals surface area contributed by atoms with Gasteiger partial charge in [0, 0.05) is 0 Å². The first-order valence-corrected chi connectivity index (χ1v) is 5.97. The quantitative estimate of drug-likeness (QED) is 0.404. The molecule has 0 aliphatic rings. The number of benzene rings is 1. The van der Waals surface area contributed by atoms with Crippen LogP contribution < -0.4 is 5.73 Å². The summed E-state index contributed by atoms with van der Waals surface area (Å²) < 4.78 is 4.99. The Morgan fingerprint density at radius 2 is 2.11 bits per heavy atom. The van der Waals surface area contributed by atoms with Crippen molar-refractivity contribution in [1.29, 1.82) is 0 Å². The van der Waals surface area contributed by atoms with Gasteiger partial charge < -0.3 is 20.7 Å². The summed E-state index contributed by atoms with van der Waals surface area (Å²) >= 11 is 0. The number of aromatic hydroxyl groups is 2. The maximum absolute atomic E-state index is 11.5. The van der Waals surface area contributed by atoms with Gasteiger partial charge in [0.25, 0.3) is 0 Å². The van der Waals surface area contributed by atoms with Crippen LogP contribution in [0.1, 0.15) is 25.3 Å². The number of nitrogens with two attached hydrogens (primary N) is 1. The monoisotopic (exact) mass is 253 g/mol. The van der Waals surface area contributed by atoms with Crippen LogP contribution in [0.25, 0.3) is 0 Å². The van der Waals surface area contributed by atoms with Crippen molar-refractivity contribution in [3.05, 3.63) is 23.8 Å². The van der Waals surface area contributed by atoms with Gasteiger partial charge in [-0.2, -0.15) is 0 Å². The number of esters is 1. The number of phenolic OH excluding ortho intramolecular Hbond substituents is 2. The van der Waals surface area contributed by atoms with Crippen LogP contribution in [-0.4, -0.2) is 28.8 Å². The van der Waals surface area contributed by atoms with Gasteiger partial charge in [0.05, 0.1) is 6.61 Å². The van der Waals surface area contributed by atoms with Crippen molar-refractivity contribution in [3.63, 3.8) is 0 Å². The molecule has 18 heavy (non-hydrogen) atoms. The summed E-state index contributed by atoms with van der Waals surface area (Å²) in [7, 11) is 0. The Hall–Kier alpha value is -1.75. The molecule has 0 amide bonds. The van der Waals surface area contributed by atoms with Gasteiger partial charge in [-0.3, -0.25) is 4.79 Å². The minimum Gasteiger partial charge on any atom is -0.504 e. The molecule has 1 aromatic carbocycles. The summed E-state index contributed by atoms with van der Waals surface area (Å²) in [5.74, 6) is -0.868. The molecule has 0 saturated heterocycles. The van der Waals surface area contributed by atoms with E-state index in [0.717, 1.165) is 12.8 Å². The van der Waals surface area contributed by atoms with E-state index in [2.05, 4.69) is 0 Å². The molecular formula is C13H19NO4. The highest BCUT2D eigenvalue weighted by Crippen LogP contribution is 2.25. The minimum absolute atomic E-state index is 0.196. The van der Waals surface area contributed by atoms with Gasteiger partial charge in [-0.25, -0.2) is 0 Å². The van der Waals surface area contributed by atoms with Crippen molar-refractivity contribution in [2.45, 2.75) is 32.2 Å². The van der Waals surface area contributed by atoms with E-state index in [1.165, 1.54) is 12.1 Å². The highest BCUT2D eigenvalue weighted by Gasteiger charge is 2.16. The Morgan fingerprint density at radius 1 is 1.39 bits per heavy atom. The lowest BCUT2D eigenvalue weighted by Crippen LogP contribution is -2.34. The fourth-order valence-electron chi connectivity index (χ4n) is 1.46. The van der Waals surface area contributed by atoms with E-state index in [4.69, 9.17) is 15.6 Å². The molecule has 1 aromatic rings. The predicted octanol–water partition coefficient (Wildman–Crippen LogP) is 1.31. The van der Waals surface area contributed by atoms with Crippen molar-refractivity contribution < 1.29 is 19.7 Å². The molecule has 0 heterocycles. The van der Waals surface area contributed by atoms with Crippen LogP contribution in [0, 0.1) is 0 Å². The number of carbonyl (C=O) groups excluding carboxylic acids is 1. The zero-order valence-corrected chi connectivity index (χ0v) is 10.4. The number of unbranched alkanes of at least 4 members (excludes halogenated alkanes) is 1. The van der Waals surface area contributed by atoms with Gasteiger partial charge >= 0.3 is 5.97 Å². The van der Waals surface area contributed by atoms with Crippen LogP contribution in [0.15, 0.2) is 18.2 Å². The Balaban J connectivity index is 2.50. The molecule has 0 bridgehead atoms. The Labute approximate surface area is 106 Å². The lowest BCUT2D eigenvalue weighted by atomic mass is 10.1. The predicted molar refractivity (Wildman–Crippen MR) is 67.3 cm³/mol. The number of ether oxygens (including phenoxy) is 1. The summed E-state index contributed by atoms with van der Waals surface area (Å²) in [4.78, 5) is 11.5. The fraction of sp³-hybridized carbons (Fsp3) is 0.462. The second kappa shape index (κ2) is 6.86. The van der Waals surface area contributed by atoms with Crippen molar-refractivity contribution >= 4 is 5.97 Å². The molecule has 0 aliphatic carbocycles. The normalized spacial score (nSPS) is 12.1. The first-order valence-electron chi connectivity index (χ1n) is 5.97. The van der Waals surface area contributed by atoms with E-state index < -0.39 is 12.0 Å². The van der Waals surface area contributed by atoms with Crippen LogP contribution >= 0.6 is 0 Å². The van der Waals surface area contributed by atoms with E-state index in [9.17, 15) is 9.90 Å². The smallest absolute Gasteiger partial charge is 0.323 e. The molecule has 1 rings (SSSR count).